The van der Waals surface area contributed by atoms with E-state index in [0.29, 0.717) is 0 Å². The highest BCUT2D eigenvalue weighted by molar-refractivity contribution is 5.17. The number of ether oxygens (including phenoxy) is 1. The standard InChI is InChI=1S/C14H23N3O/c1-14(4-5-15-10-14)13-8-16-11-17(13)9-12-2-6-18-7-3-12/h8,11-12,15H,2-7,9-10H2,1H3. The number of hydrogen-bond donors (Lipinski definition) is 1. The Morgan fingerprint density at radius 3 is 3.06 bits per heavy atom. The van der Waals surface area contributed by atoms with E-state index in [2.05, 4.69) is 28.0 Å². The van der Waals surface area contributed by atoms with Crippen LogP contribution in [0.4, 0.5) is 0 Å². The van der Waals surface area contributed by atoms with Crippen molar-refractivity contribution in [3.05, 3.63) is 18.2 Å². The topological polar surface area (TPSA) is 39.1 Å². The van der Waals surface area contributed by atoms with Crippen molar-refractivity contribution < 1.29 is 4.74 Å². The van der Waals surface area contributed by atoms with Crippen LogP contribution in [-0.4, -0.2) is 35.9 Å². The van der Waals surface area contributed by atoms with Crippen molar-refractivity contribution in [1.82, 2.24) is 14.9 Å². The van der Waals surface area contributed by atoms with Crippen molar-refractivity contribution in [3.8, 4) is 0 Å². The summed E-state index contributed by atoms with van der Waals surface area (Å²) in [4.78, 5) is 4.38. The first kappa shape index (κ1) is 12.2. The molecule has 2 saturated heterocycles. The fourth-order valence-corrected chi connectivity index (χ4v) is 3.21. The predicted molar refractivity (Wildman–Crippen MR) is 70.6 cm³/mol. The second-order valence-corrected chi connectivity index (χ2v) is 5.97. The molecule has 3 heterocycles. The van der Waals surface area contributed by atoms with Gasteiger partial charge in [-0.25, -0.2) is 4.98 Å². The summed E-state index contributed by atoms with van der Waals surface area (Å²) in [6, 6.07) is 0. The third kappa shape index (κ3) is 2.31. The van der Waals surface area contributed by atoms with Gasteiger partial charge < -0.3 is 14.6 Å². The molecule has 18 heavy (non-hydrogen) atoms. The number of hydrogen-bond acceptors (Lipinski definition) is 3. The Bertz CT molecular complexity index is 389. The summed E-state index contributed by atoms with van der Waals surface area (Å²) in [5.41, 5.74) is 1.67. The molecule has 0 radical (unpaired) electrons. The zero-order valence-corrected chi connectivity index (χ0v) is 11.2. The van der Waals surface area contributed by atoms with Gasteiger partial charge in [0.2, 0.25) is 0 Å². The lowest BCUT2D eigenvalue weighted by molar-refractivity contribution is 0.0608. The Hall–Kier alpha value is -0.870. The van der Waals surface area contributed by atoms with Crippen LogP contribution >= 0.6 is 0 Å². The normalized spacial score (nSPS) is 29.8. The Labute approximate surface area is 109 Å². The Morgan fingerprint density at radius 1 is 1.50 bits per heavy atom. The zero-order valence-electron chi connectivity index (χ0n) is 11.2. The molecule has 4 heteroatoms. The summed E-state index contributed by atoms with van der Waals surface area (Å²) in [5, 5.41) is 3.47. The average Bonchev–Trinajstić information content (AvgIpc) is 3.00. The van der Waals surface area contributed by atoms with E-state index in [1.54, 1.807) is 0 Å². The van der Waals surface area contributed by atoms with Crippen molar-refractivity contribution in [3.63, 3.8) is 0 Å². The minimum atomic E-state index is 0.266. The van der Waals surface area contributed by atoms with E-state index >= 15 is 0 Å². The molecular weight excluding hydrogens is 226 g/mol. The predicted octanol–water partition coefficient (Wildman–Crippen LogP) is 1.56. The van der Waals surface area contributed by atoms with Crippen molar-refractivity contribution in [1.29, 1.82) is 0 Å². The SMILES string of the molecule is CC1(c2cncn2CC2CCOCC2)CCNC1. The van der Waals surface area contributed by atoms with Gasteiger partial charge in [0.1, 0.15) is 0 Å². The Balaban J connectivity index is 1.74. The second kappa shape index (κ2) is 5.02. The maximum atomic E-state index is 5.43. The van der Waals surface area contributed by atoms with Gasteiger partial charge in [0.25, 0.3) is 0 Å². The third-order valence-corrected chi connectivity index (χ3v) is 4.50. The van der Waals surface area contributed by atoms with Gasteiger partial charge in [0, 0.05) is 43.6 Å². The first-order valence-electron chi connectivity index (χ1n) is 7.07. The molecule has 1 unspecified atom stereocenters. The summed E-state index contributed by atoms with van der Waals surface area (Å²) in [5.74, 6) is 0.754. The molecule has 3 rings (SSSR count). The van der Waals surface area contributed by atoms with Crippen LogP contribution in [0.2, 0.25) is 0 Å². The van der Waals surface area contributed by atoms with Crippen molar-refractivity contribution in [2.45, 2.75) is 38.1 Å². The van der Waals surface area contributed by atoms with E-state index in [1.807, 2.05) is 6.33 Å². The summed E-state index contributed by atoms with van der Waals surface area (Å²) >= 11 is 0. The van der Waals surface area contributed by atoms with Crippen LogP contribution in [0.15, 0.2) is 12.5 Å². The molecular formula is C14H23N3O. The number of aromatic nitrogens is 2. The maximum absolute atomic E-state index is 5.43. The first-order valence-corrected chi connectivity index (χ1v) is 7.07. The molecule has 2 aliphatic heterocycles. The quantitative estimate of drug-likeness (QED) is 0.883. The van der Waals surface area contributed by atoms with Gasteiger partial charge in [0.15, 0.2) is 0 Å². The highest BCUT2D eigenvalue weighted by Gasteiger charge is 2.33. The molecule has 0 saturated carbocycles. The molecule has 0 bridgehead atoms. The molecule has 1 N–H and O–H groups in total. The number of nitrogens with zero attached hydrogens (tertiary/aromatic N) is 2. The lowest BCUT2D eigenvalue weighted by Crippen LogP contribution is -2.29. The lowest BCUT2D eigenvalue weighted by Gasteiger charge is -2.28. The van der Waals surface area contributed by atoms with Gasteiger partial charge in [-0.05, 0) is 31.7 Å². The molecule has 100 valence electrons. The molecule has 2 fully saturated rings. The van der Waals surface area contributed by atoms with E-state index in [-0.39, 0.29) is 5.41 Å². The molecule has 0 amide bonds. The van der Waals surface area contributed by atoms with Crippen LogP contribution in [0.5, 0.6) is 0 Å². The van der Waals surface area contributed by atoms with Crippen molar-refractivity contribution in [2.75, 3.05) is 26.3 Å². The number of nitrogens with one attached hydrogen (secondary N) is 1. The number of rotatable bonds is 3. The van der Waals surface area contributed by atoms with Crippen molar-refractivity contribution in [2.24, 2.45) is 5.92 Å². The van der Waals surface area contributed by atoms with Gasteiger partial charge in [-0.1, -0.05) is 6.92 Å². The minimum absolute atomic E-state index is 0.266. The van der Waals surface area contributed by atoms with Crippen LogP contribution in [0.1, 0.15) is 31.9 Å². The fraction of sp³-hybridized carbons (Fsp3) is 0.786. The van der Waals surface area contributed by atoms with E-state index in [9.17, 15) is 0 Å². The van der Waals surface area contributed by atoms with Crippen molar-refractivity contribution >= 4 is 0 Å². The van der Waals surface area contributed by atoms with Gasteiger partial charge in [-0.3, -0.25) is 0 Å². The van der Waals surface area contributed by atoms with Gasteiger partial charge in [-0.2, -0.15) is 0 Å². The molecule has 0 aromatic carbocycles. The first-order chi connectivity index (χ1) is 8.78. The minimum Gasteiger partial charge on any atom is -0.381 e. The molecule has 0 aliphatic carbocycles. The van der Waals surface area contributed by atoms with Crippen LogP contribution in [0, 0.1) is 5.92 Å². The highest BCUT2D eigenvalue weighted by atomic mass is 16.5. The zero-order chi connectivity index (χ0) is 12.4. The van der Waals surface area contributed by atoms with Crippen LogP contribution < -0.4 is 5.32 Å². The molecule has 4 nitrogen and oxygen atoms in total. The Kier molecular flexibility index (Phi) is 3.39. The van der Waals surface area contributed by atoms with E-state index < -0.39 is 0 Å². The van der Waals surface area contributed by atoms with E-state index in [0.717, 1.165) is 38.8 Å². The van der Waals surface area contributed by atoms with E-state index in [1.165, 1.54) is 25.0 Å². The Morgan fingerprint density at radius 2 is 2.33 bits per heavy atom. The summed E-state index contributed by atoms with van der Waals surface area (Å²) in [6.45, 7) is 7.51. The molecule has 0 spiro atoms. The molecule has 2 aliphatic rings. The van der Waals surface area contributed by atoms with Gasteiger partial charge in [-0.15, -0.1) is 0 Å². The molecule has 1 aromatic heterocycles. The maximum Gasteiger partial charge on any atom is 0.0948 e. The van der Waals surface area contributed by atoms with Crippen LogP contribution in [0.3, 0.4) is 0 Å². The monoisotopic (exact) mass is 249 g/mol. The van der Waals surface area contributed by atoms with E-state index in [4.69, 9.17) is 4.74 Å². The van der Waals surface area contributed by atoms with Crippen LogP contribution in [0.25, 0.3) is 0 Å². The highest BCUT2D eigenvalue weighted by Crippen LogP contribution is 2.30. The fourth-order valence-electron chi connectivity index (χ4n) is 3.21. The third-order valence-electron chi connectivity index (χ3n) is 4.50. The average molecular weight is 249 g/mol. The summed E-state index contributed by atoms with van der Waals surface area (Å²) in [6.07, 6.45) is 7.66. The largest absolute Gasteiger partial charge is 0.381 e. The second-order valence-electron chi connectivity index (χ2n) is 5.97. The van der Waals surface area contributed by atoms with Gasteiger partial charge in [0.05, 0.1) is 6.33 Å². The summed E-state index contributed by atoms with van der Waals surface area (Å²) < 4.78 is 7.81. The smallest absolute Gasteiger partial charge is 0.0948 e. The summed E-state index contributed by atoms with van der Waals surface area (Å²) in [7, 11) is 0. The molecule has 1 atom stereocenters. The van der Waals surface area contributed by atoms with Crippen LogP contribution in [-0.2, 0) is 16.7 Å². The molecule has 1 aromatic rings. The lowest BCUT2D eigenvalue weighted by atomic mass is 9.86. The van der Waals surface area contributed by atoms with Gasteiger partial charge >= 0.3 is 0 Å². The number of imidazole rings is 1.